The van der Waals surface area contributed by atoms with Gasteiger partial charge in [-0.1, -0.05) is 31.5 Å². The summed E-state index contributed by atoms with van der Waals surface area (Å²) in [5, 5.41) is 1.74. The van der Waals surface area contributed by atoms with Crippen molar-refractivity contribution >= 4 is 33.7 Å². The minimum atomic E-state index is -0.750. The first-order chi connectivity index (χ1) is 17.9. The van der Waals surface area contributed by atoms with Crippen molar-refractivity contribution in [1.82, 2.24) is 9.88 Å². The van der Waals surface area contributed by atoms with E-state index in [-0.39, 0.29) is 19.1 Å². The van der Waals surface area contributed by atoms with Crippen LogP contribution >= 0.6 is 0 Å². The number of ether oxygens (including phenoxy) is 2. The minimum absolute atomic E-state index is 0.247. The maximum atomic E-state index is 13.5. The predicted octanol–water partition coefficient (Wildman–Crippen LogP) is 4.43. The quantitative estimate of drug-likeness (QED) is 0.296. The molecule has 192 valence electrons. The maximum Gasteiger partial charge on any atom is 0.336 e. The van der Waals surface area contributed by atoms with Crippen LogP contribution in [0.25, 0.3) is 21.9 Å². The molecule has 37 heavy (non-hydrogen) atoms. The average molecular weight is 503 g/mol. The summed E-state index contributed by atoms with van der Waals surface area (Å²) < 4.78 is 16.6. The van der Waals surface area contributed by atoms with E-state index in [1.54, 1.807) is 6.07 Å². The highest BCUT2D eigenvalue weighted by molar-refractivity contribution is 5.91. The molecule has 0 bridgehead atoms. The number of aromatic amines is 1. The second kappa shape index (κ2) is 10.1. The molecular formula is C29H30N2O6. The lowest BCUT2D eigenvalue weighted by atomic mass is 9.96. The van der Waals surface area contributed by atoms with Gasteiger partial charge in [0, 0.05) is 29.1 Å². The molecule has 5 rings (SSSR count). The van der Waals surface area contributed by atoms with E-state index < -0.39 is 17.6 Å². The van der Waals surface area contributed by atoms with Gasteiger partial charge in [-0.25, -0.2) is 9.59 Å². The molecule has 4 aromatic rings. The lowest BCUT2D eigenvalue weighted by Gasteiger charge is -2.33. The van der Waals surface area contributed by atoms with E-state index >= 15 is 0 Å². The van der Waals surface area contributed by atoms with Crippen molar-refractivity contribution in [3.05, 3.63) is 75.3 Å². The third-order valence-corrected chi connectivity index (χ3v) is 6.98. The number of rotatable bonds is 7. The zero-order valence-electron chi connectivity index (χ0n) is 21.3. The molecule has 0 unspecified atom stereocenters. The molecule has 0 radical (unpaired) electrons. The Morgan fingerprint density at radius 1 is 1.19 bits per heavy atom. The number of nitrogens with zero attached hydrogens (tertiary/aromatic N) is 1. The maximum absolute atomic E-state index is 13.5. The van der Waals surface area contributed by atoms with Crippen LogP contribution in [0.2, 0.25) is 0 Å². The fraction of sp³-hybridized carbons (Fsp3) is 0.345. The lowest BCUT2D eigenvalue weighted by molar-refractivity contribution is -0.154. The molecule has 1 aliphatic heterocycles. The number of hydrogen-bond acceptors (Lipinski definition) is 6. The summed E-state index contributed by atoms with van der Waals surface area (Å²) in [4.78, 5) is 43.2. The van der Waals surface area contributed by atoms with Gasteiger partial charge < -0.3 is 23.8 Å². The topological polar surface area (TPSA) is 102 Å². The van der Waals surface area contributed by atoms with Gasteiger partial charge in [-0.3, -0.25) is 4.79 Å². The molecule has 0 saturated heterocycles. The summed E-state index contributed by atoms with van der Waals surface area (Å²) in [5.74, 6) is -0.313. The molecule has 1 aliphatic rings. The van der Waals surface area contributed by atoms with Crippen LogP contribution in [0, 0.1) is 6.92 Å². The van der Waals surface area contributed by atoms with Crippen molar-refractivity contribution in [3.8, 4) is 5.75 Å². The number of fused-ring (bicyclic) bond motifs is 4. The standard InChI is InChI=1S/C29H30N2O6/c1-4-5-8-18-13-27(33)37-25-12-17(2)11-24(28(18)25)36-16-26(32)31-15-22-20(14-23(31)29(34)35-3)19-9-6-7-10-21(19)30-22/h6-7,9-13,23,30H,4-5,8,14-16H2,1-3H3/t23-/m1/s1. The van der Waals surface area contributed by atoms with Gasteiger partial charge >= 0.3 is 11.6 Å². The summed E-state index contributed by atoms with van der Waals surface area (Å²) >= 11 is 0. The Hall–Kier alpha value is -4.07. The summed E-state index contributed by atoms with van der Waals surface area (Å²) in [5.41, 5.74) is 4.61. The van der Waals surface area contributed by atoms with Gasteiger partial charge in [0.1, 0.15) is 17.4 Å². The highest BCUT2D eigenvalue weighted by atomic mass is 16.5. The van der Waals surface area contributed by atoms with Crippen LogP contribution < -0.4 is 10.4 Å². The van der Waals surface area contributed by atoms with E-state index in [9.17, 15) is 14.4 Å². The van der Waals surface area contributed by atoms with Gasteiger partial charge in [0.25, 0.3) is 5.91 Å². The highest BCUT2D eigenvalue weighted by Crippen LogP contribution is 2.33. The number of hydrogen-bond donors (Lipinski definition) is 1. The largest absolute Gasteiger partial charge is 0.483 e. The Bertz CT molecular complexity index is 1550. The Morgan fingerprint density at radius 2 is 2.00 bits per heavy atom. The number of unbranched alkanes of at least 4 members (excludes halogenated alkanes) is 1. The molecule has 8 heteroatoms. The van der Waals surface area contributed by atoms with Gasteiger partial charge in [0.2, 0.25) is 0 Å². The number of amides is 1. The van der Waals surface area contributed by atoms with E-state index in [0.29, 0.717) is 29.6 Å². The SMILES string of the molecule is CCCCc1cc(=O)oc2cc(C)cc(OCC(=O)N3Cc4[nH]c5ccccc5c4C[C@@H]3C(=O)OC)c12. The summed E-state index contributed by atoms with van der Waals surface area (Å²) in [6.07, 6.45) is 2.94. The van der Waals surface area contributed by atoms with Gasteiger partial charge in [-0.2, -0.15) is 0 Å². The van der Waals surface area contributed by atoms with Crippen molar-refractivity contribution in [3.63, 3.8) is 0 Å². The smallest absolute Gasteiger partial charge is 0.336 e. The first-order valence-corrected chi connectivity index (χ1v) is 12.6. The van der Waals surface area contributed by atoms with Gasteiger partial charge in [-0.15, -0.1) is 0 Å². The van der Waals surface area contributed by atoms with Crippen LogP contribution in [-0.4, -0.2) is 41.5 Å². The number of carbonyl (C=O) groups excluding carboxylic acids is 2. The van der Waals surface area contributed by atoms with E-state index in [2.05, 4.69) is 11.9 Å². The Kier molecular flexibility index (Phi) is 6.74. The second-order valence-corrected chi connectivity index (χ2v) is 9.51. The van der Waals surface area contributed by atoms with Crippen LogP contribution in [0.1, 0.15) is 42.1 Å². The van der Waals surface area contributed by atoms with Crippen LogP contribution in [-0.2, 0) is 33.7 Å². The predicted molar refractivity (Wildman–Crippen MR) is 140 cm³/mol. The van der Waals surface area contributed by atoms with Gasteiger partial charge in [-0.05, 0) is 54.7 Å². The van der Waals surface area contributed by atoms with Crippen LogP contribution in [0.5, 0.6) is 5.75 Å². The summed E-state index contributed by atoms with van der Waals surface area (Å²) in [6.45, 7) is 3.94. The first-order valence-electron chi connectivity index (χ1n) is 12.6. The van der Waals surface area contributed by atoms with Crippen LogP contribution in [0.4, 0.5) is 0 Å². The molecule has 1 N–H and O–H groups in total. The lowest BCUT2D eigenvalue weighted by Crippen LogP contribution is -2.50. The number of aromatic nitrogens is 1. The normalized spacial score (nSPS) is 15.1. The van der Waals surface area contributed by atoms with Crippen LogP contribution in [0.15, 0.2) is 51.7 Å². The molecular weight excluding hydrogens is 472 g/mol. The number of carbonyl (C=O) groups is 2. The Labute approximate surface area is 214 Å². The zero-order chi connectivity index (χ0) is 26.1. The molecule has 0 saturated carbocycles. The van der Waals surface area contributed by atoms with Gasteiger partial charge in [0.15, 0.2) is 6.61 Å². The number of benzene rings is 2. The summed E-state index contributed by atoms with van der Waals surface area (Å²) in [7, 11) is 1.33. The average Bonchev–Trinajstić information content (AvgIpc) is 3.26. The fourth-order valence-electron chi connectivity index (χ4n) is 5.19. The van der Waals surface area contributed by atoms with Crippen molar-refractivity contribution < 1.29 is 23.5 Å². The zero-order valence-corrected chi connectivity index (χ0v) is 21.3. The molecule has 0 spiro atoms. The third kappa shape index (κ3) is 4.71. The van der Waals surface area contributed by atoms with Crippen molar-refractivity contribution in [2.45, 2.75) is 52.1 Å². The molecule has 8 nitrogen and oxygen atoms in total. The molecule has 3 heterocycles. The molecule has 2 aromatic carbocycles. The third-order valence-electron chi connectivity index (χ3n) is 6.98. The molecule has 1 atom stereocenters. The first kappa shape index (κ1) is 24.6. The number of methoxy groups -OCH3 is 1. The Balaban J connectivity index is 1.45. The van der Waals surface area contributed by atoms with Crippen molar-refractivity contribution in [2.24, 2.45) is 0 Å². The number of para-hydroxylation sites is 1. The molecule has 0 fully saturated rings. The van der Waals surface area contributed by atoms with E-state index in [0.717, 1.165) is 46.1 Å². The summed E-state index contributed by atoms with van der Waals surface area (Å²) in [6, 6.07) is 12.3. The number of esters is 1. The molecule has 0 aliphatic carbocycles. The number of aryl methyl sites for hydroxylation is 2. The van der Waals surface area contributed by atoms with Gasteiger partial charge in [0.05, 0.1) is 19.0 Å². The van der Waals surface area contributed by atoms with Crippen molar-refractivity contribution in [2.75, 3.05) is 13.7 Å². The number of H-pyrrole nitrogens is 1. The monoisotopic (exact) mass is 502 g/mol. The number of nitrogens with one attached hydrogen (secondary N) is 1. The van der Waals surface area contributed by atoms with Crippen molar-refractivity contribution in [1.29, 1.82) is 0 Å². The van der Waals surface area contributed by atoms with E-state index in [4.69, 9.17) is 13.9 Å². The van der Waals surface area contributed by atoms with E-state index in [1.165, 1.54) is 18.1 Å². The second-order valence-electron chi connectivity index (χ2n) is 9.51. The Morgan fingerprint density at radius 3 is 2.78 bits per heavy atom. The molecule has 1 amide bonds. The van der Waals surface area contributed by atoms with Crippen LogP contribution in [0.3, 0.4) is 0 Å². The highest BCUT2D eigenvalue weighted by Gasteiger charge is 2.37. The van der Waals surface area contributed by atoms with E-state index in [1.807, 2.05) is 37.3 Å². The molecule has 2 aromatic heterocycles. The fourth-order valence-corrected chi connectivity index (χ4v) is 5.19. The minimum Gasteiger partial charge on any atom is -0.483 e.